The van der Waals surface area contributed by atoms with Crippen LogP contribution in [-0.4, -0.2) is 41.6 Å². The van der Waals surface area contributed by atoms with Gasteiger partial charge in [-0.05, 0) is 31.2 Å². The molecule has 0 heterocycles. The molecular weight excluding hydrogens is 335 g/mol. The topological polar surface area (TPSA) is 75.6 Å². The fourth-order valence-corrected chi connectivity index (χ4v) is 2.51. The second-order valence-corrected chi connectivity index (χ2v) is 6.07. The van der Waals surface area contributed by atoms with Gasteiger partial charge >= 0.3 is 12.1 Å². The van der Waals surface area contributed by atoms with E-state index in [1.54, 1.807) is 24.3 Å². The molecule has 0 fully saturated rings. The van der Waals surface area contributed by atoms with Gasteiger partial charge in [-0.3, -0.25) is 4.79 Å². The molecule has 0 radical (unpaired) electrons. The Morgan fingerprint density at radius 3 is 2.30 bits per heavy atom. The molecule has 1 aromatic rings. The van der Waals surface area contributed by atoms with Gasteiger partial charge < -0.3 is 15.2 Å². The third-order valence-corrected chi connectivity index (χ3v) is 3.90. The summed E-state index contributed by atoms with van der Waals surface area (Å²) in [6, 6.07) is 4.74. The first kappa shape index (κ1) is 19.1. The third kappa shape index (κ3) is 6.81. The average Bonchev–Trinajstić information content (AvgIpc) is 2.45. The number of rotatable bonds is 7. The number of carboxylic acids is 1. The van der Waals surface area contributed by atoms with Gasteiger partial charge in [0, 0.05) is 4.90 Å². The minimum absolute atomic E-state index is 0.627. The van der Waals surface area contributed by atoms with Crippen molar-refractivity contribution in [1.29, 1.82) is 0 Å². The molecule has 0 saturated heterocycles. The second kappa shape index (κ2) is 8.09. The Hall–Kier alpha value is -1.90. The largest absolute Gasteiger partial charge is 0.497 e. The van der Waals surface area contributed by atoms with E-state index in [-0.39, 0.29) is 0 Å². The van der Waals surface area contributed by atoms with E-state index in [9.17, 15) is 22.8 Å². The van der Waals surface area contributed by atoms with Gasteiger partial charge in [-0.25, -0.2) is 4.79 Å². The number of nitrogens with one attached hydrogen (secondary N) is 1. The van der Waals surface area contributed by atoms with E-state index in [4.69, 9.17) is 9.84 Å². The molecule has 5 nitrogen and oxygen atoms in total. The van der Waals surface area contributed by atoms with Crippen LogP contribution in [0.2, 0.25) is 0 Å². The molecule has 0 spiro atoms. The quantitative estimate of drug-likeness (QED) is 0.739. The molecule has 0 aliphatic heterocycles. The maximum atomic E-state index is 12.3. The van der Waals surface area contributed by atoms with Crippen LogP contribution in [0.15, 0.2) is 29.2 Å². The number of carbonyl (C=O) groups excluding carboxylic acids is 1. The summed E-state index contributed by atoms with van der Waals surface area (Å²) in [5.74, 6) is -1.87. The van der Waals surface area contributed by atoms with Crippen molar-refractivity contribution in [3.63, 3.8) is 0 Å². The lowest BCUT2D eigenvalue weighted by Gasteiger charge is -2.19. The van der Waals surface area contributed by atoms with E-state index in [2.05, 4.69) is 0 Å². The summed E-state index contributed by atoms with van der Waals surface area (Å²) in [6.07, 6.45) is -6.29. The normalized spacial score (nSPS) is 14.0. The average molecular weight is 351 g/mol. The van der Waals surface area contributed by atoms with Crippen molar-refractivity contribution in [3.8, 4) is 5.75 Å². The SMILES string of the molecule is COc1ccc(SC(C)C(=O)NC(CC(F)(F)F)C(=O)O)cc1. The van der Waals surface area contributed by atoms with Crippen molar-refractivity contribution in [3.05, 3.63) is 24.3 Å². The number of ether oxygens (including phenoxy) is 1. The van der Waals surface area contributed by atoms with E-state index in [0.717, 1.165) is 11.8 Å². The Balaban J connectivity index is 2.65. The number of alkyl halides is 3. The Morgan fingerprint density at radius 1 is 1.30 bits per heavy atom. The Kier molecular flexibility index (Phi) is 6.74. The van der Waals surface area contributed by atoms with Crippen LogP contribution < -0.4 is 10.1 Å². The summed E-state index contributed by atoms with van der Waals surface area (Å²) in [5, 5.41) is 9.94. The molecule has 0 bridgehead atoms. The van der Waals surface area contributed by atoms with Crippen molar-refractivity contribution in [2.75, 3.05) is 7.11 Å². The first-order valence-corrected chi connectivity index (χ1v) is 7.41. The number of carbonyl (C=O) groups is 2. The highest BCUT2D eigenvalue weighted by atomic mass is 32.2. The lowest BCUT2D eigenvalue weighted by atomic mass is 10.2. The first-order valence-electron chi connectivity index (χ1n) is 6.53. The molecule has 1 aromatic carbocycles. The summed E-state index contributed by atoms with van der Waals surface area (Å²) in [4.78, 5) is 23.4. The molecule has 9 heteroatoms. The molecule has 23 heavy (non-hydrogen) atoms. The zero-order valence-electron chi connectivity index (χ0n) is 12.4. The first-order chi connectivity index (χ1) is 10.6. The van der Waals surface area contributed by atoms with Gasteiger partial charge in [0.25, 0.3) is 0 Å². The van der Waals surface area contributed by atoms with Gasteiger partial charge in [-0.1, -0.05) is 0 Å². The van der Waals surface area contributed by atoms with Crippen molar-refractivity contribution in [2.45, 2.75) is 35.7 Å². The lowest BCUT2D eigenvalue weighted by molar-refractivity contribution is -0.159. The fraction of sp³-hybridized carbons (Fsp3) is 0.429. The molecule has 1 amide bonds. The molecule has 2 unspecified atom stereocenters. The third-order valence-electron chi connectivity index (χ3n) is 2.79. The number of carboxylic acid groups (broad SMARTS) is 1. The van der Waals surface area contributed by atoms with Crippen molar-refractivity contribution in [2.24, 2.45) is 0 Å². The highest BCUT2D eigenvalue weighted by Crippen LogP contribution is 2.26. The van der Waals surface area contributed by atoms with Crippen LogP contribution >= 0.6 is 11.8 Å². The molecular formula is C14H16F3NO4S. The van der Waals surface area contributed by atoms with Crippen LogP contribution in [0, 0.1) is 0 Å². The minimum atomic E-state index is -4.68. The Morgan fingerprint density at radius 2 is 1.87 bits per heavy atom. The summed E-state index contributed by atoms with van der Waals surface area (Å²) in [5.41, 5.74) is 0. The number of hydrogen-bond donors (Lipinski definition) is 2. The predicted octanol–water partition coefficient (Wildman–Crippen LogP) is 2.70. The Bertz CT molecular complexity index is 548. The predicted molar refractivity (Wildman–Crippen MR) is 78.6 cm³/mol. The van der Waals surface area contributed by atoms with E-state index in [1.807, 2.05) is 5.32 Å². The molecule has 128 valence electrons. The van der Waals surface area contributed by atoms with Gasteiger partial charge in [-0.15, -0.1) is 11.8 Å². The van der Waals surface area contributed by atoms with E-state index < -0.39 is 35.8 Å². The molecule has 2 atom stereocenters. The summed E-state index contributed by atoms with van der Waals surface area (Å²) >= 11 is 1.10. The van der Waals surface area contributed by atoms with E-state index in [1.165, 1.54) is 14.0 Å². The summed E-state index contributed by atoms with van der Waals surface area (Å²) in [6.45, 7) is 1.48. The zero-order valence-corrected chi connectivity index (χ0v) is 13.2. The van der Waals surface area contributed by atoms with E-state index >= 15 is 0 Å². The van der Waals surface area contributed by atoms with Crippen LogP contribution in [0.3, 0.4) is 0 Å². The highest BCUT2D eigenvalue weighted by Gasteiger charge is 2.36. The van der Waals surface area contributed by atoms with Gasteiger partial charge in [-0.2, -0.15) is 13.2 Å². The van der Waals surface area contributed by atoms with Gasteiger partial charge in [0.15, 0.2) is 0 Å². The van der Waals surface area contributed by atoms with Crippen molar-refractivity contribution >= 4 is 23.6 Å². The van der Waals surface area contributed by atoms with Crippen LogP contribution in [0.25, 0.3) is 0 Å². The summed E-state index contributed by atoms with van der Waals surface area (Å²) < 4.78 is 41.9. The van der Waals surface area contributed by atoms with Crippen LogP contribution in [0.4, 0.5) is 13.2 Å². The van der Waals surface area contributed by atoms with Crippen molar-refractivity contribution in [1.82, 2.24) is 5.32 Å². The van der Waals surface area contributed by atoms with Crippen molar-refractivity contribution < 1.29 is 32.6 Å². The maximum absolute atomic E-state index is 12.3. The smallest absolute Gasteiger partial charge is 0.391 e. The number of amides is 1. The fourth-order valence-electron chi connectivity index (χ4n) is 1.63. The van der Waals surface area contributed by atoms with Gasteiger partial charge in [0.1, 0.15) is 11.8 Å². The molecule has 0 aliphatic carbocycles. The zero-order chi connectivity index (χ0) is 17.6. The van der Waals surface area contributed by atoms with Crippen LogP contribution in [0.5, 0.6) is 5.75 Å². The summed E-state index contributed by atoms with van der Waals surface area (Å²) in [7, 11) is 1.50. The number of aliphatic carboxylic acids is 1. The number of hydrogen-bond acceptors (Lipinski definition) is 4. The number of halogens is 3. The van der Waals surface area contributed by atoms with E-state index in [0.29, 0.717) is 10.6 Å². The molecule has 0 aromatic heterocycles. The standard InChI is InChI=1S/C14H16F3NO4S/c1-8(23-10-5-3-9(22-2)4-6-10)12(19)18-11(13(20)21)7-14(15,16)17/h3-6,8,11H,7H2,1-2H3,(H,18,19)(H,20,21). The second-order valence-electron chi connectivity index (χ2n) is 4.65. The number of methoxy groups -OCH3 is 1. The van der Waals surface area contributed by atoms with Crippen LogP contribution in [0.1, 0.15) is 13.3 Å². The molecule has 2 N–H and O–H groups in total. The molecule has 0 saturated carbocycles. The molecule has 0 aliphatic rings. The highest BCUT2D eigenvalue weighted by molar-refractivity contribution is 8.00. The maximum Gasteiger partial charge on any atom is 0.391 e. The van der Waals surface area contributed by atoms with Gasteiger partial charge in [0.2, 0.25) is 5.91 Å². The van der Waals surface area contributed by atoms with Gasteiger partial charge in [0.05, 0.1) is 18.8 Å². The minimum Gasteiger partial charge on any atom is -0.497 e. The monoisotopic (exact) mass is 351 g/mol. The number of benzene rings is 1. The Labute approximate surface area is 135 Å². The lowest BCUT2D eigenvalue weighted by Crippen LogP contribution is -2.46. The molecule has 1 rings (SSSR count). The number of thioether (sulfide) groups is 1. The van der Waals surface area contributed by atoms with Crippen LogP contribution in [-0.2, 0) is 9.59 Å².